The summed E-state index contributed by atoms with van der Waals surface area (Å²) < 4.78 is 36.9. The summed E-state index contributed by atoms with van der Waals surface area (Å²) in [6.45, 7) is 2.52. The molecule has 1 saturated carbocycles. The summed E-state index contributed by atoms with van der Waals surface area (Å²) in [5, 5.41) is 7.38. The predicted octanol–water partition coefficient (Wildman–Crippen LogP) is 4.96. The lowest BCUT2D eigenvalue weighted by molar-refractivity contribution is -0.0158. The van der Waals surface area contributed by atoms with Crippen LogP contribution in [0.2, 0.25) is 0 Å². The Kier molecular flexibility index (Phi) is 7.33. The standard InChI is InChI=1S/C30H34N4O6S/c1-18-5-3-4-6-25(18)27-26(28(40-32-27)19-7-8-19)17-39-24-15-22-13-14-23(16-24)34(22)30(36)31-21-11-9-20(10-12-21)29(35)33-41(2,37)38/h3-6,9-12,19,22-24H,7-8,13-17H2,1-2H3,(H,31,36)(H,33,35). The van der Waals surface area contributed by atoms with Crippen LogP contribution in [0.25, 0.3) is 11.3 Å². The minimum absolute atomic E-state index is 0.0378. The molecule has 0 spiro atoms. The van der Waals surface area contributed by atoms with Crippen molar-refractivity contribution >= 4 is 27.6 Å². The molecule has 1 aliphatic carbocycles. The van der Waals surface area contributed by atoms with Crippen LogP contribution in [-0.4, -0.2) is 54.9 Å². The maximum Gasteiger partial charge on any atom is 0.322 e. The summed E-state index contributed by atoms with van der Waals surface area (Å²) in [6.07, 6.45) is 6.57. The highest BCUT2D eigenvalue weighted by Gasteiger charge is 2.44. The van der Waals surface area contributed by atoms with E-state index in [1.165, 1.54) is 12.1 Å². The van der Waals surface area contributed by atoms with Gasteiger partial charge in [-0.05, 0) is 75.3 Å². The van der Waals surface area contributed by atoms with E-state index in [1.54, 1.807) is 12.1 Å². The third kappa shape index (κ3) is 6.01. The summed E-state index contributed by atoms with van der Waals surface area (Å²) in [5.41, 5.74) is 4.85. The Hall–Kier alpha value is -3.70. The Morgan fingerprint density at radius 3 is 2.34 bits per heavy atom. The average molecular weight is 579 g/mol. The van der Waals surface area contributed by atoms with Crippen LogP contribution in [-0.2, 0) is 21.4 Å². The number of aryl methyl sites for hydroxylation is 1. The van der Waals surface area contributed by atoms with Gasteiger partial charge >= 0.3 is 6.03 Å². The van der Waals surface area contributed by atoms with Gasteiger partial charge in [0, 0.05) is 40.4 Å². The summed E-state index contributed by atoms with van der Waals surface area (Å²) >= 11 is 0. The molecule has 3 heterocycles. The topological polar surface area (TPSA) is 131 Å². The molecule has 2 saturated heterocycles. The molecule has 10 nitrogen and oxygen atoms in total. The van der Waals surface area contributed by atoms with Gasteiger partial charge in [0.15, 0.2) is 0 Å². The molecule has 3 aromatic rings. The monoisotopic (exact) mass is 578 g/mol. The number of nitrogens with zero attached hydrogens (tertiary/aromatic N) is 2. The first-order chi connectivity index (χ1) is 19.7. The number of hydrogen-bond acceptors (Lipinski definition) is 7. The molecule has 3 fully saturated rings. The zero-order valence-corrected chi connectivity index (χ0v) is 23.9. The van der Waals surface area contributed by atoms with E-state index in [0.717, 1.165) is 72.9 Å². The highest BCUT2D eigenvalue weighted by molar-refractivity contribution is 7.89. The molecule has 2 unspecified atom stereocenters. The normalized spacial score (nSPS) is 22.0. The number of piperidine rings is 1. The second-order valence-corrected chi connectivity index (χ2v) is 13.1. The van der Waals surface area contributed by atoms with Crippen LogP contribution in [0.5, 0.6) is 0 Å². The number of hydrogen-bond donors (Lipinski definition) is 2. The molecule has 2 aliphatic heterocycles. The highest BCUT2D eigenvalue weighted by Crippen LogP contribution is 2.45. The number of aromatic nitrogens is 1. The van der Waals surface area contributed by atoms with E-state index in [0.29, 0.717) is 18.2 Å². The van der Waals surface area contributed by atoms with Crippen LogP contribution in [0.15, 0.2) is 53.1 Å². The number of carbonyl (C=O) groups is 2. The van der Waals surface area contributed by atoms with E-state index in [9.17, 15) is 18.0 Å². The van der Waals surface area contributed by atoms with E-state index < -0.39 is 15.9 Å². The Labute approximate surface area is 239 Å². The fourth-order valence-electron chi connectivity index (χ4n) is 6.09. The number of urea groups is 1. The van der Waals surface area contributed by atoms with E-state index in [-0.39, 0.29) is 29.8 Å². The van der Waals surface area contributed by atoms with Gasteiger partial charge in [-0.1, -0.05) is 29.4 Å². The van der Waals surface area contributed by atoms with Crippen LogP contribution < -0.4 is 10.0 Å². The number of ether oxygens (including phenoxy) is 1. The zero-order valence-electron chi connectivity index (χ0n) is 23.1. The first kappa shape index (κ1) is 27.5. The van der Waals surface area contributed by atoms with Gasteiger partial charge in [-0.3, -0.25) is 4.79 Å². The van der Waals surface area contributed by atoms with Crippen molar-refractivity contribution in [2.24, 2.45) is 0 Å². The number of nitrogens with one attached hydrogen (secondary N) is 2. The lowest BCUT2D eigenvalue weighted by Gasteiger charge is -2.38. The Morgan fingerprint density at radius 2 is 1.71 bits per heavy atom. The smallest absolute Gasteiger partial charge is 0.322 e. The maximum atomic E-state index is 13.2. The molecule has 11 heteroatoms. The van der Waals surface area contributed by atoms with Gasteiger partial charge < -0.3 is 19.5 Å². The zero-order chi connectivity index (χ0) is 28.7. The number of benzene rings is 2. The van der Waals surface area contributed by atoms with Crippen molar-refractivity contribution in [2.75, 3.05) is 11.6 Å². The summed E-state index contributed by atoms with van der Waals surface area (Å²) in [7, 11) is -3.66. The lowest BCUT2D eigenvalue weighted by atomic mass is 9.99. The van der Waals surface area contributed by atoms with Crippen LogP contribution in [0.4, 0.5) is 10.5 Å². The Morgan fingerprint density at radius 1 is 1.02 bits per heavy atom. The fraction of sp³-hybridized carbons (Fsp3) is 0.433. The summed E-state index contributed by atoms with van der Waals surface area (Å²) in [4.78, 5) is 27.2. The molecule has 216 valence electrons. The molecule has 6 rings (SSSR count). The molecule has 2 atom stereocenters. The third-order valence-electron chi connectivity index (χ3n) is 8.23. The van der Waals surface area contributed by atoms with Crippen LogP contribution in [0, 0.1) is 6.92 Å². The molecule has 3 aliphatic rings. The average Bonchev–Trinajstić information content (AvgIpc) is 3.63. The second-order valence-electron chi connectivity index (χ2n) is 11.4. The quantitative estimate of drug-likeness (QED) is 0.386. The van der Waals surface area contributed by atoms with Crippen molar-refractivity contribution in [3.8, 4) is 11.3 Å². The molecular formula is C30H34N4O6S. The van der Waals surface area contributed by atoms with Crippen LogP contribution in [0.3, 0.4) is 0 Å². The summed E-state index contributed by atoms with van der Waals surface area (Å²) in [5.74, 6) is 0.651. The first-order valence-electron chi connectivity index (χ1n) is 14.0. The molecular weight excluding hydrogens is 544 g/mol. The van der Waals surface area contributed by atoms with Crippen molar-refractivity contribution in [3.63, 3.8) is 0 Å². The predicted molar refractivity (Wildman–Crippen MR) is 153 cm³/mol. The van der Waals surface area contributed by atoms with Crippen LogP contribution >= 0.6 is 0 Å². The number of fused-ring (bicyclic) bond motifs is 2. The maximum absolute atomic E-state index is 13.2. The van der Waals surface area contributed by atoms with E-state index >= 15 is 0 Å². The van der Waals surface area contributed by atoms with Gasteiger partial charge in [0.25, 0.3) is 5.91 Å². The van der Waals surface area contributed by atoms with Crippen molar-refractivity contribution in [1.29, 1.82) is 0 Å². The van der Waals surface area contributed by atoms with Gasteiger partial charge in [-0.25, -0.2) is 17.9 Å². The Balaban J connectivity index is 1.08. The molecule has 41 heavy (non-hydrogen) atoms. The van der Waals surface area contributed by atoms with Gasteiger partial charge in [0.1, 0.15) is 11.5 Å². The van der Waals surface area contributed by atoms with Gasteiger partial charge in [-0.15, -0.1) is 0 Å². The minimum Gasteiger partial charge on any atom is -0.373 e. The molecule has 1 aromatic heterocycles. The van der Waals surface area contributed by atoms with Gasteiger partial charge in [0.2, 0.25) is 10.0 Å². The number of sulfonamides is 1. The lowest BCUT2D eigenvalue weighted by Crippen LogP contribution is -2.50. The molecule has 0 radical (unpaired) electrons. The SMILES string of the molecule is Cc1ccccc1-c1noc(C2CC2)c1COC1CC2CCC(C1)N2C(=O)Nc1ccc(C(=O)NS(C)(=O)=O)cc1. The molecule has 2 aromatic carbocycles. The third-order valence-corrected chi connectivity index (χ3v) is 8.79. The largest absolute Gasteiger partial charge is 0.373 e. The number of carbonyl (C=O) groups excluding carboxylic acids is 2. The van der Waals surface area contributed by atoms with Crippen molar-refractivity contribution in [2.45, 2.75) is 76.2 Å². The number of amides is 3. The van der Waals surface area contributed by atoms with E-state index in [2.05, 4.69) is 29.5 Å². The van der Waals surface area contributed by atoms with E-state index in [1.807, 2.05) is 21.8 Å². The highest BCUT2D eigenvalue weighted by atomic mass is 32.2. The van der Waals surface area contributed by atoms with Gasteiger partial charge in [-0.2, -0.15) is 0 Å². The molecule has 3 amide bonds. The Bertz CT molecular complexity index is 1550. The van der Waals surface area contributed by atoms with Crippen molar-refractivity contribution < 1.29 is 27.3 Å². The number of anilines is 1. The van der Waals surface area contributed by atoms with Gasteiger partial charge in [0.05, 0.1) is 19.0 Å². The second kappa shape index (κ2) is 10.9. The van der Waals surface area contributed by atoms with E-state index in [4.69, 9.17) is 9.26 Å². The number of rotatable bonds is 8. The van der Waals surface area contributed by atoms with Crippen LogP contribution in [0.1, 0.15) is 71.7 Å². The fourth-order valence-corrected chi connectivity index (χ4v) is 6.55. The summed E-state index contributed by atoms with van der Waals surface area (Å²) in [6, 6.07) is 14.3. The van der Waals surface area contributed by atoms with Crippen molar-refractivity contribution in [3.05, 3.63) is 71.0 Å². The van der Waals surface area contributed by atoms with Crippen molar-refractivity contribution in [1.82, 2.24) is 14.8 Å². The first-order valence-corrected chi connectivity index (χ1v) is 15.9. The molecule has 2 N–H and O–H groups in total. The minimum atomic E-state index is -3.66. The molecule has 2 bridgehead atoms.